The van der Waals surface area contributed by atoms with Gasteiger partial charge in [-0.1, -0.05) is 65.5 Å². The van der Waals surface area contributed by atoms with Crippen molar-refractivity contribution in [2.24, 2.45) is 0 Å². The highest BCUT2D eigenvalue weighted by molar-refractivity contribution is 9.10. The van der Waals surface area contributed by atoms with Crippen molar-refractivity contribution < 1.29 is 13.2 Å². The normalized spacial score (nSPS) is 15.5. The van der Waals surface area contributed by atoms with Crippen LogP contribution in [0.5, 0.6) is 0 Å². The van der Waals surface area contributed by atoms with Crippen LogP contribution in [-0.4, -0.2) is 31.2 Å². The summed E-state index contributed by atoms with van der Waals surface area (Å²) < 4.78 is 28.8. The number of halogens is 1. The fourth-order valence-electron chi connectivity index (χ4n) is 3.52. The van der Waals surface area contributed by atoms with Gasteiger partial charge in [-0.05, 0) is 42.7 Å². The first-order chi connectivity index (χ1) is 13.5. The number of sulfonamides is 1. The van der Waals surface area contributed by atoms with E-state index in [1.165, 1.54) is 4.31 Å². The molecule has 7 heteroatoms. The molecule has 0 bridgehead atoms. The fraction of sp³-hybridized carbons (Fsp3) is 0.381. The topological polar surface area (TPSA) is 66.5 Å². The lowest BCUT2D eigenvalue weighted by atomic mass is 9.95. The smallest absolute Gasteiger partial charge is 0.243 e. The second-order valence-corrected chi connectivity index (χ2v) is 9.86. The van der Waals surface area contributed by atoms with Gasteiger partial charge in [-0.2, -0.15) is 4.31 Å². The maximum Gasteiger partial charge on any atom is 0.243 e. The Kier molecular flexibility index (Phi) is 7.26. The third-order valence-electron chi connectivity index (χ3n) is 5.03. The van der Waals surface area contributed by atoms with E-state index in [1.54, 1.807) is 24.3 Å². The summed E-state index contributed by atoms with van der Waals surface area (Å²) in [5.74, 6) is -0.282. The van der Waals surface area contributed by atoms with Gasteiger partial charge in [0.15, 0.2) is 0 Å². The summed E-state index contributed by atoms with van der Waals surface area (Å²) in [4.78, 5) is 12.8. The summed E-state index contributed by atoms with van der Waals surface area (Å²) >= 11 is 3.34. The van der Waals surface area contributed by atoms with Crippen LogP contribution in [0.25, 0.3) is 0 Å². The molecule has 0 aromatic heterocycles. The Hall–Kier alpha value is -1.70. The molecule has 0 saturated heterocycles. The standard InChI is InChI=1S/C21H25BrN2O3S/c22-18-11-13-20(14-12-18)28(26,27)24(19-9-5-2-6-10-19)16-21(25)23-15-17-7-3-1-4-8-17/h1,3-4,7-8,11-14,19H,2,5-6,9-10,15-16H2,(H,23,25). The van der Waals surface area contributed by atoms with Gasteiger partial charge in [0.25, 0.3) is 0 Å². The maximum absolute atomic E-state index is 13.3. The molecule has 0 radical (unpaired) electrons. The molecule has 0 spiro atoms. The molecule has 0 heterocycles. The summed E-state index contributed by atoms with van der Waals surface area (Å²) in [6.45, 7) is 0.229. The molecule has 1 amide bonds. The van der Waals surface area contributed by atoms with Gasteiger partial charge >= 0.3 is 0 Å². The van der Waals surface area contributed by atoms with Crippen LogP contribution in [-0.2, 0) is 21.4 Å². The van der Waals surface area contributed by atoms with Crippen LogP contribution < -0.4 is 5.32 Å². The average Bonchev–Trinajstić information content (AvgIpc) is 2.72. The molecule has 2 aromatic rings. The van der Waals surface area contributed by atoms with Crippen LogP contribution in [0.15, 0.2) is 64.0 Å². The Morgan fingerprint density at radius 3 is 2.29 bits per heavy atom. The number of carbonyl (C=O) groups is 1. The Bertz CT molecular complexity index is 880. The monoisotopic (exact) mass is 464 g/mol. The molecule has 28 heavy (non-hydrogen) atoms. The van der Waals surface area contributed by atoms with Crippen molar-refractivity contribution in [3.63, 3.8) is 0 Å². The first kappa shape index (κ1) is 21.0. The lowest BCUT2D eigenvalue weighted by molar-refractivity contribution is -0.121. The number of rotatable bonds is 7. The highest BCUT2D eigenvalue weighted by Gasteiger charge is 2.33. The predicted octanol–water partition coefficient (Wildman–Crippen LogP) is 4.09. The van der Waals surface area contributed by atoms with E-state index in [2.05, 4.69) is 21.2 Å². The van der Waals surface area contributed by atoms with Gasteiger partial charge in [0.1, 0.15) is 0 Å². The van der Waals surface area contributed by atoms with Crippen LogP contribution in [0.4, 0.5) is 0 Å². The third kappa shape index (κ3) is 5.43. The van der Waals surface area contributed by atoms with E-state index in [-0.39, 0.29) is 23.4 Å². The number of amides is 1. The zero-order chi connectivity index (χ0) is 20.0. The summed E-state index contributed by atoms with van der Waals surface area (Å²) in [5, 5.41) is 2.85. The van der Waals surface area contributed by atoms with Crippen molar-refractivity contribution in [3.05, 3.63) is 64.6 Å². The van der Waals surface area contributed by atoms with Crippen molar-refractivity contribution in [2.75, 3.05) is 6.54 Å². The number of carbonyl (C=O) groups excluding carboxylic acids is 1. The summed E-state index contributed by atoms with van der Waals surface area (Å²) in [6, 6.07) is 16.0. The minimum Gasteiger partial charge on any atom is -0.351 e. The zero-order valence-corrected chi connectivity index (χ0v) is 18.1. The van der Waals surface area contributed by atoms with Crippen molar-refractivity contribution in [1.82, 2.24) is 9.62 Å². The quantitative estimate of drug-likeness (QED) is 0.670. The largest absolute Gasteiger partial charge is 0.351 e. The highest BCUT2D eigenvalue weighted by atomic mass is 79.9. The number of nitrogens with one attached hydrogen (secondary N) is 1. The lowest BCUT2D eigenvalue weighted by Gasteiger charge is -2.33. The third-order valence-corrected chi connectivity index (χ3v) is 7.48. The van der Waals surface area contributed by atoms with E-state index >= 15 is 0 Å². The first-order valence-corrected chi connectivity index (χ1v) is 11.8. The summed E-state index contributed by atoms with van der Waals surface area (Å²) in [7, 11) is -3.74. The molecule has 2 aromatic carbocycles. The minimum absolute atomic E-state index is 0.134. The van der Waals surface area contributed by atoms with Crippen LogP contribution in [0.1, 0.15) is 37.7 Å². The van der Waals surface area contributed by atoms with E-state index in [9.17, 15) is 13.2 Å². The molecule has 150 valence electrons. The Balaban J connectivity index is 1.76. The van der Waals surface area contributed by atoms with Crippen LogP contribution in [0.2, 0.25) is 0 Å². The molecule has 1 aliphatic rings. The molecule has 3 rings (SSSR count). The molecule has 1 aliphatic carbocycles. The van der Waals surface area contributed by atoms with E-state index < -0.39 is 10.0 Å². The average molecular weight is 465 g/mol. The molecule has 0 aliphatic heterocycles. The maximum atomic E-state index is 13.3. The Morgan fingerprint density at radius 2 is 1.64 bits per heavy atom. The number of benzene rings is 2. The van der Waals surface area contributed by atoms with Gasteiger partial charge < -0.3 is 5.32 Å². The SMILES string of the molecule is O=C(CN(C1CCCCC1)S(=O)(=O)c1ccc(Br)cc1)NCc1ccccc1. The molecular weight excluding hydrogens is 440 g/mol. The predicted molar refractivity (Wildman–Crippen MR) is 113 cm³/mol. The van der Waals surface area contributed by atoms with Crippen molar-refractivity contribution >= 4 is 31.9 Å². The number of hydrogen-bond donors (Lipinski definition) is 1. The molecule has 0 unspecified atom stereocenters. The summed E-state index contributed by atoms with van der Waals surface area (Å²) in [6.07, 6.45) is 4.68. The van der Waals surface area contributed by atoms with Gasteiger partial charge in [-0.3, -0.25) is 4.79 Å². The molecule has 5 nitrogen and oxygen atoms in total. The Morgan fingerprint density at radius 1 is 1.00 bits per heavy atom. The minimum atomic E-state index is -3.74. The highest BCUT2D eigenvalue weighted by Crippen LogP contribution is 2.28. The summed E-state index contributed by atoms with van der Waals surface area (Å²) in [5.41, 5.74) is 0.982. The van der Waals surface area contributed by atoms with Gasteiger partial charge in [0, 0.05) is 17.1 Å². The number of nitrogens with zero attached hydrogens (tertiary/aromatic N) is 1. The van der Waals surface area contributed by atoms with Gasteiger partial charge in [0.2, 0.25) is 15.9 Å². The lowest BCUT2D eigenvalue weighted by Crippen LogP contribution is -2.46. The van der Waals surface area contributed by atoms with Crippen LogP contribution in [0, 0.1) is 0 Å². The number of hydrogen-bond acceptors (Lipinski definition) is 3. The van der Waals surface area contributed by atoms with E-state index in [1.807, 2.05) is 30.3 Å². The molecular formula is C21H25BrN2O3S. The van der Waals surface area contributed by atoms with E-state index in [0.29, 0.717) is 6.54 Å². The van der Waals surface area contributed by atoms with Crippen LogP contribution in [0.3, 0.4) is 0 Å². The second kappa shape index (κ2) is 9.67. The van der Waals surface area contributed by atoms with E-state index in [0.717, 1.165) is 42.1 Å². The van der Waals surface area contributed by atoms with Crippen molar-refractivity contribution in [3.8, 4) is 0 Å². The van der Waals surface area contributed by atoms with Crippen LogP contribution >= 0.6 is 15.9 Å². The first-order valence-electron chi connectivity index (χ1n) is 9.55. The van der Waals surface area contributed by atoms with Crippen molar-refractivity contribution in [2.45, 2.75) is 49.6 Å². The molecule has 1 N–H and O–H groups in total. The second-order valence-electron chi connectivity index (χ2n) is 7.06. The van der Waals surface area contributed by atoms with Gasteiger partial charge in [-0.25, -0.2) is 8.42 Å². The molecule has 1 saturated carbocycles. The molecule has 0 atom stereocenters. The Labute approximate surface area is 175 Å². The molecule has 1 fully saturated rings. The van der Waals surface area contributed by atoms with Gasteiger partial charge in [0.05, 0.1) is 11.4 Å². The zero-order valence-electron chi connectivity index (χ0n) is 15.7. The van der Waals surface area contributed by atoms with E-state index in [4.69, 9.17) is 0 Å². The fourth-order valence-corrected chi connectivity index (χ4v) is 5.42. The van der Waals surface area contributed by atoms with Crippen molar-refractivity contribution in [1.29, 1.82) is 0 Å². The van der Waals surface area contributed by atoms with Gasteiger partial charge in [-0.15, -0.1) is 0 Å².